The van der Waals surface area contributed by atoms with Crippen LogP contribution < -0.4 is 5.56 Å². The first-order chi connectivity index (χ1) is 12.7. The van der Waals surface area contributed by atoms with Crippen molar-refractivity contribution in [2.45, 2.75) is 18.9 Å². The lowest BCUT2D eigenvalue weighted by molar-refractivity contribution is 0.0600. The van der Waals surface area contributed by atoms with Crippen molar-refractivity contribution in [1.82, 2.24) is 9.47 Å². The highest BCUT2D eigenvalue weighted by Gasteiger charge is 2.38. The van der Waals surface area contributed by atoms with Gasteiger partial charge in [0.05, 0.1) is 4.88 Å². The van der Waals surface area contributed by atoms with Crippen LogP contribution in [0.4, 0.5) is 0 Å². The third-order valence-electron chi connectivity index (χ3n) is 5.40. The highest BCUT2D eigenvalue weighted by molar-refractivity contribution is 7.13. The fourth-order valence-electron chi connectivity index (χ4n) is 4.38. The van der Waals surface area contributed by atoms with Crippen molar-refractivity contribution in [1.29, 1.82) is 0 Å². The van der Waals surface area contributed by atoms with Gasteiger partial charge in [-0.25, -0.2) is 0 Å². The van der Waals surface area contributed by atoms with E-state index in [0.29, 0.717) is 19.0 Å². The van der Waals surface area contributed by atoms with E-state index in [1.54, 1.807) is 17.4 Å². The van der Waals surface area contributed by atoms with Gasteiger partial charge >= 0.3 is 0 Å². The maximum Gasteiger partial charge on any atom is 0.263 e. The summed E-state index contributed by atoms with van der Waals surface area (Å²) in [6, 6.07) is 11.6. The zero-order chi connectivity index (χ0) is 17.7. The number of aromatic nitrogens is 1. The molecule has 1 fully saturated rings. The van der Waals surface area contributed by atoms with Gasteiger partial charge in [0.25, 0.3) is 11.5 Å². The second-order valence-electron chi connectivity index (χ2n) is 7.04. The molecule has 2 atom stereocenters. The van der Waals surface area contributed by atoms with Crippen molar-refractivity contribution in [3.8, 4) is 10.4 Å². The van der Waals surface area contributed by atoms with Gasteiger partial charge in [-0.3, -0.25) is 9.59 Å². The Labute approximate surface area is 159 Å². The summed E-state index contributed by atoms with van der Waals surface area (Å²) >= 11 is 3.19. The van der Waals surface area contributed by atoms with E-state index < -0.39 is 0 Å². The molecule has 0 N–H and O–H groups in total. The quantitative estimate of drug-likeness (QED) is 0.675. The Morgan fingerprint density at radius 3 is 2.62 bits per heavy atom. The van der Waals surface area contributed by atoms with E-state index in [9.17, 15) is 9.59 Å². The van der Waals surface area contributed by atoms with Crippen LogP contribution in [0.1, 0.15) is 27.7 Å². The summed E-state index contributed by atoms with van der Waals surface area (Å²) in [5.41, 5.74) is 2.33. The average molecular weight is 383 g/mol. The summed E-state index contributed by atoms with van der Waals surface area (Å²) < 4.78 is 1.96. The molecule has 5 heterocycles. The topological polar surface area (TPSA) is 42.3 Å². The van der Waals surface area contributed by atoms with Crippen LogP contribution in [0.2, 0.25) is 0 Å². The first kappa shape index (κ1) is 16.0. The molecule has 3 aromatic rings. The summed E-state index contributed by atoms with van der Waals surface area (Å²) in [6.07, 6.45) is 1.05. The first-order valence-electron chi connectivity index (χ1n) is 8.81. The van der Waals surface area contributed by atoms with Gasteiger partial charge < -0.3 is 9.47 Å². The smallest absolute Gasteiger partial charge is 0.263 e. The molecule has 0 unspecified atom stereocenters. The Morgan fingerprint density at radius 2 is 1.85 bits per heavy atom. The van der Waals surface area contributed by atoms with Crippen LogP contribution >= 0.6 is 22.7 Å². The monoisotopic (exact) mass is 382 g/mol. The second-order valence-corrected chi connectivity index (χ2v) is 8.94. The Kier molecular flexibility index (Phi) is 3.83. The predicted molar refractivity (Wildman–Crippen MR) is 105 cm³/mol. The number of hydrogen-bond donors (Lipinski definition) is 0. The van der Waals surface area contributed by atoms with Crippen LogP contribution in [0.25, 0.3) is 10.4 Å². The third kappa shape index (κ3) is 2.56. The molecule has 1 saturated heterocycles. The Balaban J connectivity index is 1.56. The Morgan fingerprint density at radius 1 is 1.00 bits per heavy atom. The fraction of sp³-hybridized carbons (Fsp3) is 0.300. The van der Waals surface area contributed by atoms with Crippen LogP contribution in [0.5, 0.6) is 0 Å². The van der Waals surface area contributed by atoms with Crippen molar-refractivity contribution in [2.75, 3.05) is 13.1 Å². The van der Waals surface area contributed by atoms with Gasteiger partial charge in [0.1, 0.15) is 0 Å². The number of piperidine rings is 1. The van der Waals surface area contributed by atoms with Gasteiger partial charge in [0.2, 0.25) is 0 Å². The number of hydrogen-bond acceptors (Lipinski definition) is 4. The van der Waals surface area contributed by atoms with Crippen LogP contribution in [-0.2, 0) is 6.54 Å². The summed E-state index contributed by atoms with van der Waals surface area (Å²) in [7, 11) is 0. The molecule has 0 saturated carbocycles. The molecule has 26 heavy (non-hydrogen) atoms. The third-order valence-corrected chi connectivity index (χ3v) is 7.16. The Hall–Kier alpha value is -2.18. The molecule has 0 aromatic carbocycles. The number of rotatable bonds is 2. The first-order valence-corrected chi connectivity index (χ1v) is 10.6. The van der Waals surface area contributed by atoms with E-state index >= 15 is 0 Å². The SMILES string of the molecule is O=C(c1cccs1)N1C[C@@H]2C[C@@H](C1)c1c(-c3cccs3)ccc(=O)n1C2. The van der Waals surface area contributed by atoms with Gasteiger partial charge in [-0.05, 0) is 41.3 Å². The maximum absolute atomic E-state index is 12.9. The predicted octanol–water partition coefficient (Wildman–Crippen LogP) is 3.90. The molecule has 6 heteroatoms. The summed E-state index contributed by atoms with van der Waals surface area (Å²) in [5, 5.41) is 4.01. The molecule has 2 aliphatic rings. The number of carbonyl (C=O) groups excluding carboxylic acids is 1. The summed E-state index contributed by atoms with van der Waals surface area (Å²) in [4.78, 5) is 29.3. The van der Waals surface area contributed by atoms with Crippen LogP contribution in [0.15, 0.2) is 52.0 Å². The number of thiophene rings is 2. The van der Waals surface area contributed by atoms with E-state index in [1.165, 1.54) is 16.2 Å². The Bertz CT molecular complexity index is 1010. The maximum atomic E-state index is 12.9. The fourth-order valence-corrected chi connectivity index (χ4v) is 5.83. The molecule has 0 radical (unpaired) electrons. The minimum absolute atomic E-state index is 0.0769. The number of nitrogens with zero attached hydrogens (tertiary/aromatic N) is 2. The number of amides is 1. The number of fused-ring (bicyclic) bond motifs is 4. The van der Waals surface area contributed by atoms with Gasteiger partial charge in [0.15, 0.2) is 0 Å². The molecule has 2 bridgehead atoms. The van der Waals surface area contributed by atoms with Gasteiger partial charge in [-0.2, -0.15) is 0 Å². The number of pyridine rings is 1. The lowest BCUT2D eigenvalue weighted by Gasteiger charge is -2.43. The average Bonchev–Trinajstić information content (AvgIpc) is 3.35. The minimum Gasteiger partial charge on any atom is -0.337 e. The zero-order valence-corrected chi connectivity index (χ0v) is 15.8. The number of carbonyl (C=O) groups is 1. The van der Waals surface area contributed by atoms with E-state index in [1.807, 2.05) is 39.1 Å². The van der Waals surface area contributed by atoms with Gasteiger partial charge in [0, 0.05) is 47.8 Å². The zero-order valence-electron chi connectivity index (χ0n) is 14.1. The van der Waals surface area contributed by atoms with Crippen LogP contribution in [-0.4, -0.2) is 28.5 Å². The van der Waals surface area contributed by atoms with Crippen molar-refractivity contribution >= 4 is 28.6 Å². The van der Waals surface area contributed by atoms with Crippen LogP contribution in [0.3, 0.4) is 0 Å². The van der Waals surface area contributed by atoms with E-state index in [4.69, 9.17) is 0 Å². The second kappa shape index (κ2) is 6.21. The summed E-state index contributed by atoms with van der Waals surface area (Å²) in [5.74, 6) is 0.693. The lowest BCUT2D eigenvalue weighted by atomic mass is 9.81. The van der Waals surface area contributed by atoms with E-state index in [2.05, 4.69) is 11.4 Å². The van der Waals surface area contributed by atoms with Gasteiger partial charge in [-0.15, -0.1) is 22.7 Å². The van der Waals surface area contributed by atoms with Crippen molar-refractivity contribution in [3.63, 3.8) is 0 Å². The lowest BCUT2D eigenvalue weighted by Crippen LogP contribution is -2.49. The molecule has 4 nitrogen and oxygen atoms in total. The molecule has 2 aliphatic heterocycles. The molecule has 1 amide bonds. The van der Waals surface area contributed by atoms with Crippen molar-refractivity contribution < 1.29 is 4.79 Å². The highest BCUT2D eigenvalue weighted by atomic mass is 32.1. The molecular formula is C20H18N2O2S2. The molecule has 0 aliphatic carbocycles. The molecule has 0 spiro atoms. The van der Waals surface area contributed by atoms with E-state index in [-0.39, 0.29) is 17.4 Å². The number of likely N-dealkylation sites (tertiary alicyclic amines) is 1. The van der Waals surface area contributed by atoms with Gasteiger partial charge in [-0.1, -0.05) is 12.1 Å². The minimum atomic E-state index is 0.0769. The summed E-state index contributed by atoms with van der Waals surface area (Å²) in [6.45, 7) is 2.13. The molecular weight excluding hydrogens is 364 g/mol. The van der Waals surface area contributed by atoms with Crippen LogP contribution in [0, 0.1) is 5.92 Å². The largest absolute Gasteiger partial charge is 0.337 e. The molecule has 132 valence electrons. The standard InChI is InChI=1S/C20H18N2O2S2/c23-18-6-5-15(16-3-1-7-25-16)19-14-9-13(11-22(18)19)10-21(12-14)20(24)17-4-2-8-26-17/h1-8,13-14H,9-12H2/t13-,14-/m0/s1. The highest BCUT2D eigenvalue weighted by Crippen LogP contribution is 2.41. The molecule has 5 rings (SSSR count). The van der Waals surface area contributed by atoms with Crippen molar-refractivity contribution in [2.24, 2.45) is 5.92 Å². The molecule has 3 aromatic heterocycles. The van der Waals surface area contributed by atoms with Crippen molar-refractivity contribution in [3.05, 3.63) is 68.1 Å². The normalized spacial score (nSPS) is 21.5. The van der Waals surface area contributed by atoms with E-state index in [0.717, 1.165) is 29.1 Å².